The van der Waals surface area contributed by atoms with Crippen LogP contribution in [0.3, 0.4) is 0 Å². The molecule has 61 valence electrons. The molecule has 0 atom stereocenters. The van der Waals surface area contributed by atoms with Crippen molar-refractivity contribution in [2.75, 3.05) is 0 Å². The summed E-state index contributed by atoms with van der Waals surface area (Å²) in [6, 6.07) is 0. The largest absolute Gasteiger partial charge is 4.00 e. The second-order valence-electron chi connectivity index (χ2n) is 0. The van der Waals surface area contributed by atoms with E-state index < -0.39 is 0 Å². The first-order valence-corrected chi connectivity index (χ1v) is 0. The van der Waals surface area contributed by atoms with Gasteiger partial charge in [0, 0.05) is 0 Å². The summed E-state index contributed by atoms with van der Waals surface area (Å²) in [4.78, 5) is 0. The second kappa shape index (κ2) is 274. The zero-order chi connectivity index (χ0) is 0. The number of rotatable bonds is 0. The molecule has 0 spiro atoms. The van der Waals surface area contributed by atoms with E-state index >= 15 is 0 Å². The van der Waals surface area contributed by atoms with Crippen molar-refractivity contribution >= 4 is 17.4 Å². The van der Waals surface area contributed by atoms with Crippen LogP contribution in [0.15, 0.2) is 0 Å². The van der Waals surface area contributed by atoms with E-state index in [4.69, 9.17) is 0 Å². The molecular weight excluding hydrogens is 330 g/mol. The first kappa shape index (κ1) is 361. The monoisotopic (exact) mass is 331 g/mol. The third-order valence-electron chi connectivity index (χ3n) is 0. The summed E-state index contributed by atoms with van der Waals surface area (Å²) in [5, 5.41) is 0. The van der Waals surface area contributed by atoms with E-state index in [9.17, 15) is 0 Å². The Balaban J connectivity index is 0. The maximum atomic E-state index is 0. The third-order valence-corrected chi connectivity index (χ3v) is 0. The smallest absolute Gasteiger partial charge is 2.00 e. The minimum Gasteiger partial charge on any atom is -2.00 e. The molecule has 0 saturated carbocycles. The van der Waals surface area contributed by atoms with E-state index in [0.717, 1.165) is 0 Å². The summed E-state index contributed by atoms with van der Waals surface area (Å²) >= 11 is 0. The number of hydrogen-bond donors (Lipinski definition) is 0. The van der Waals surface area contributed by atoms with Gasteiger partial charge in [-0.2, -0.15) is 0 Å². The van der Waals surface area contributed by atoms with Crippen molar-refractivity contribution in [1.29, 1.82) is 0 Å². The summed E-state index contributed by atoms with van der Waals surface area (Å²) in [6.07, 6.45) is 0. The van der Waals surface area contributed by atoms with Crippen molar-refractivity contribution < 1.29 is 87.8 Å². The molecule has 0 unspecified atom stereocenters. The minimum absolute atomic E-state index is 0. The van der Waals surface area contributed by atoms with Crippen molar-refractivity contribution in [3.05, 3.63) is 0 Å². The van der Waals surface area contributed by atoms with Crippen LogP contribution >= 0.6 is 0 Å². The predicted molar refractivity (Wildman–Crippen MR) is 9.87 cm³/mol. The van der Waals surface area contributed by atoms with Crippen LogP contribution in [0, 0.1) is 0 Å². The van der Waals surface area contributed by atoms with Gasteiger partial charge in [-0.15, -0.1) is 0 Å². The summed E-state index contributed by atoms with van der Waals surface area (Å²) in [7, 11) is 0. The van der Waals surface area contributed by atoms with E-state index in [2.05, 4.69) is 0 Å². The van der Waals surface area contributed by atoms with Crippen molar-refractivity contribution in [2.24, 2.45) is 0 Å². The molecule has 10 heteroatoms. The maximum Gasteiger partial charge on any atom is 4.00 e. The topological polar surface area (TPSA) is 171 Å². The fourth-order valence-electron chi connectivity index (χ4n) is 0. The minimum atomic E-state index is 0. The molecule has 0 aromatic heterocycles. The second-order valence-corrected chi connectivity index (χ2v) is 0. The molecule has 0 aliphatic heterocycles. The van der Waals surface area contributed by atoms with Crippen molar-refractivity contribution in [1.82, 2.24) is 0 Å². The quantitative estimate of drug-likeness (QED) is 0.491. The summed E-state index contributed by atoms with van der Waals surface area (Å²) in [6.45, 7) is 0. The Morgan fingerprint density at radius 2 is 0.500 bits per heavy atom. The molecule has 0 N–H and O–H groups in total. The van der Waals surface area contributed by atoms with Crippen LogP contribution < -0.4 is 0 Å². The Morgan fingerprint density at radius 3 is 0.500 bits per heavy atom. The Kier molecular flexibility index (Phi) is 9890. The van der Waals surface area contributed by atoms with E-state index in [1.807, 2.05) is 0 Å². The molecule has 0 aliphatic rings. The molecule has 0 rings (SSSR count). The van der Waals surface area contributed by atoms with Crippen LogP contribution in [0.2, 0.25) is 0 Å². The SMILES string of the molecule is [Al+3].[Cr+3].[Mo+4].[Ni+2].[O-2].[O-2].[O-2].[O-2].[O-2].[O-2]. The fourth-order valence-corrected chi connectivity index (χ4v) is 0. The summed E-state index contributed by atoms with van der Waals surface area (Å²) in [5.74, 6) is 0. The van der Waals surface area contributed by atoms with Gasteiger partial charge in [0.05, 0.1) is 0 Å². The molecule has 0 fully saturated rings. The van der Waals surface area contributed by atoms with Gasteiger partial charge in [-0.05, 0) is 0 Å². The van der Waals surface area contributed by atoms with Crippen LogP contribution in [0.25, 0.3) is 0 Å². The van der Waals surface area contributed by atoms with Crippen LogP contribution in [0.5, 0.6) is 0 Å². The van der Waals surface area contributed by atoms with Gasteiger partial charge in [-0.25, -0.2) is 0 Å². The van der Waals surface area contributed by atoms with E-state index in [1.54, 1.807) is 0 Å². The maximum absolute atomic E-state index is 0. The molecule has 10 heavy (non-hydrogen) atoms. The van der Waals surface area contributed by atoms with E-state index in [1.165, 1.54) is 0 Å². The van der Waals surface area contributed by atoms with E-state index in [-0.39, 0.29) is 105 Å². The van der Waals surface area contributed by atoms with Crippen LogP contribution in [0.1, 0.15) is 0 Å². The first-order chi connectivity index (χ1) is 0. The van der Waals surface area contributed by atoms with Gasteiger partial charge in [-0.1, -0.05) is 0 Å². The molecular formula is AlCrMoNiO6. The van der Waals surface area contributed by atoms with Crippen LogP contribution in [-0.4, -0.2) is 17.4 Å². The molecule has 0 aromatic rings. The predicted octanol–water partition coefficient (Wildman–Crippen LogP) is -1.10. The van der Waals surface area contributed by atoms with Gasteiger partial charge in [-0.3, -0.25) is 0 Å². The molecule has 0 aromatic carbocycles. The molecule has 1 radical (unpaired) electrons. The summed E-state index contributed by atoms with van der Waals surface area (Å²) < 4.78 is 0. The van der Waals surface area contributed by atoms with Gasteiger partial charge in [0.15, 0.2) is 0 Å². The Bertz CT molecular complexity index is 17.7. The van der Waals surface area contributed by atoms with Gasteiger partial charge < -0.3 is 32.9 Å². The standard InChI is InChI=1S/Al.Cr.Mo.Ni.6O/q2*+3;+4;+2;6*-2. The average molecular weight is 330 g/mol. The Labute approximate surface area is 104 Å². The van der Waals surface area contributed by atoms with Gasteiger partial charge >= 0.3 is 72.3 Å². The van der Waals surface area contributed by atoms with E-state index in [0.29, 0.717) is 0 Å². The normalized spacial score (nSPS) is 0. The zero-order valence-electron chi connectivity index (χ0n) is 4.16. The Hall–Kier alpha value is 2.01. The van der Waals surface area contributed by atoms with Crippen molar-refractivity contribution in [2.45, 2.75) is 0 Å². The molecule has 0 heterocycles. The molecule has 0 aliphatic carbocycles. The molecule has 0 saturated heterocycles. The third kappa shape index (κ3) is 202. The zero-order valence-corrected chi connectivity index (χ0v) is 9.58. The molecule has 0 amide bonds. The fraction of sp³-hybridized carbons (Fsp3) is 0. The number of hydrogen-bond acceptors (Lipinski definition) is 0. The van der Waals surface area contributed by atoms with Crippen molar-refractivity contribution in [3.63, 3.8) is 0 Å². The van der Waals surface area contributed by atoms with Gasteiger partial charge in [0.1, 0.15) is 0 Å². The van der Waals surface area contributed by atoms with Crippen LogP contribution in [0.4, 0.5) is 0 Å². The summed E-state index contributed by atoms with van der Waals surface area (Å²) in [5.41, 5.74) is 0. The average Bonchev–Trinajstić information content (AvgIpc) is 0. The van der Waals surface area contributed by atoms with Crippen LogP contribution in [-0.2, 0) is 87.8 Å². The van der Waals surface area contributed by atoms with Gasteiger partial charge in [0.25, 0.3) is 0 Å². The molecule has 0 bridgehead atoms. The van der Waals surface area contributed by atoms with Crippen molar-refractivity contribution in [3.8, 4) is 0 Å². The van der Waals surface area contributed by atoms with Gasteiger partial charge in [0.2, 0.25) is 0 Å². The molecule has 6 nitrogen and oxygen atoms in total. The first-order valence-electron chi connectivity index (χ1n) is 0. The Morgan fingerprint density at radius 1 is 0.500 bits per heavy atom.